The van der Waals surface area contributed by atoms with E-state index in [1.807, 2.05) is 34.6 Å². The van der Waals surface area contributed by atoms with Gasteiger partial charge in [0.25, 0.3) is 0 Å². The zero-order chi connectivity index (χ0) is 64.9. The molecule has 496 valence electrons. The summed E-state index contributed by atoms with van der Waals surface area (Å²) < 4.78 is 27.3. The van der Waals surface area contributed by atoms with Gasteiger partial charge in [0.1, 0.15) is 23.3 Å². The highest BCUT2D eigenvalue weighted by Gasteiger charge is 2.44. The van der Waals surface area contributed by atoms with Crippen LogP contribution in [0, 0.1) is 23.7 Å². The topological polar surface area (TPSA) is 359 Å². The summed E-state index contributed by atoms with van der Waals surface area (Å²) in [7, 11) is 3.32. The van der Waals surface area contributed by atoms with E-state index in [0.29, 0.717) is 83.4 Å². The van der Waals surface area contributed by atoms with Gasteiger partial charge >= 0.3 is 30.2 Å². The predicted molar refractivity (Wildman–Crippen MR) is 327 cm³/mol. The lowest BCUT2D eigenvalue weighted by atomic mass is 9.81. The van der Waals surface area contributed by atoms with E-state index in [-0.39, 0.29) is 85.0 Å². The van der Waals surface area contributed by atoms with Crippen molar-refractivity contribution in [1.82, 2.24) is 57.9 Å². The molecule has 3 saturated heterocycles. The molecule has 2 saturated carbocycles. The molecule has 8 atom stereocenters. The number of hydrazone groups is 2. The van der Waals surface area contributed by atoms with Gasteiger partial charge < -0.3 is 66.0 Å². The number of nitrogens with zero attached hydrogens (tertiary/aromatic N) is 4. The van der Waals surface area contributed by atoms with Crippen molar-refractivity contribution < 1.29 is 71.9 Å². The second kappa shape index (κ2) is 38.1. The summed E-state index contributed by atoms with van der Waals surface area (Å²) in [5.74, 6) is -0.402. The van der Waals surface area contributed by atoms with E-state index in [1.165, 1.54) is 16.0 Å². The molecule has 2 aliphatic carbocycles. The number of hydrogen-bond donors (Lipinski definition) is 10. The number of ether oxygens (including phenoxy) is 5. The first kappa shape index (κ1) is 74.9. The lowest BCUT2D eigenvalue weighted by molar-refractivity contribution is -0.142. The molecule has 0 aromatic heterocycles. The molecule has 3 heterocycles. The molecule has 0 spiro atoms. The Bertz CT molecular complexity index is 2250. The fourth-order valence-electron chi connectivity index (χ4n) is 10.7. The van der Waals surface area contributed by atoms with Crippen LogP contribution in [-0.2, 0) is 47.7 Å². The first-order valence-corrected chi connectivity index (χ1v) is 31.2. The summed E-state index contributed by atoms with van der Waals surface area (Å²) in [6.45, 7) is 24.0. The molecule has 5 fully saturated rings. The van der Waals surface area contributed by atoms with Crippen molar-refractivity contribution >= 4 is 66.3 Å². The summed E-state index contributed by atoms with van der Waals surface area (Å²) in [5.41, 5.74) is 3.58. The lowest BCUT2D eigenvalue weighted by Gasteiger charge is -2.28. The molecule has 5 aliphatic rings. The van der Waals surface area contributed by atoms with Crippen molar-refractivity contribution in [2.45, 2.75) is 219 Å². The van der Waals surface area contributed by atoms with Gasteiger partial charge in [0.05, 0.1) is 49.5 Å². The molecule has 28 nitrogen and oxygen atoms in total. The van der Waals surface area contributed by atoms with Gasteiger partial charge in [0.2, 0.25) is 23.6 Å². The number of likely N-dealkylation sites (tertiary alicyclic amines) is 2. The van der Waals surface area contributed by atoms with Gasteiger partial charge in [-0.05, 0) is 145 Å². The first-order valence-electron chi connectivity index (χ1n) is 31.2. The Labute approximate surface area is 514 Å². The Morgan fingerprint density at radius 3 is 1.32 bits per heavy atom. The Balaban J connectivity index is 0.000000362. The van der Waals surface area contributed by atoms with Crippen molar-refractivity contribution in [2.24, 2.45) is 33.9 Å². The maximum absolute atomic E-state index is 13.1. The van der Waals surface area contributed by atoms with Gasteiger partial charge in [-0.2, -0.15) is 10.2 Å². The summed E-state index contributed by atoms with van der Waals surface area (Å²) in [6, 6.07) is -3.36. The number of nitrogens with one attached hydrogen (secondary N) is 9. The molecular weight excluding hydrogens is 1130 g/mol. The molecule has 10 amide bonds. The highest BCUT2D eigenvalue weighted by Crippen LogP contribution is 2.30. The minimum Gasteiger partial charge on any atom is -0.480 e. The summed E-state index contributed by atoms with van der Waals surface area (Å²) >= 11 is 0. The molecule has 0 aromatic carbocycles. The maximum Gasteiger partial charge on any atom is 0.411 e. The van der Waals surface area contributed by atoms with Crippen molar-refractivity contribution in [3.8, 4) is 0 Å². The molecule has 3 aliphatic heterocycles. The molecule has 0 aromatic rings. The van der Waals surface area contributed by atoms with Crippen LogP contribution in [0.4, 0.5) is 19.2 Å². The number of carbonyl (C=O) groups is 9. The highest BCUT2D eigenvalue weighted by atomic mass is 16.6. The van der Waals surface area contributed by atoms with Crippen molar-refractivity contribution in [3.63, 3.8) is 0 Å². The molecule has 28 heteroatoms. The number of carboxylic acid groups (broad SMARTS) is 1. The van der Waals surface area contributed by atoms with Crippen LogP contribution in [0.15, 0.2) is 10.2 Å². The Morgan fingerprint density at radius 1 is 0.552 bits per heavy atom. The predicted octanol–water partition coefficient (Wildman–Crippen LogP) is 4.10. The number of aliphatic carboxylic acids is 1. The van der Waals surface area contributed by atoms with Crippen LogP contribution in [0.25, 0.3) is 0 Å². The van der Waals surface area contributed by atoms with E-state index < -0.39 is 53.5 Å². The van der Waals surface area contributed by atoms with E-state index in [9.17, 15) is 43.2 Å². The molecule has 0 bridgehead atoms. The third kappa shape index (κ3) is 27.7. The number of carbonyl (C=O) groups excluding carboxylic acids is 8. The fraction of sp³-hybridized carbons (Fsp3) is 0.814. The Morgan fingerprint density at radius 2 is 0.943 bits per heavy atom. The summed E-state index contributed by atoms with van der Waals surface area (Å²) in [6.07, 6.45) is 10.9. The molecular formula is C59H105N13O15. The number of hydrogen-bond acceptors (Lipinski definition) is 17. The third-order valence-corrected chi connectivity index (χ3v) is 15.4. The Kier molecular flexibility index (Phi) is 32.8. The largest absolute Gasteiger partial charge is 0.480 e. The fourth-order valence-corrected chi connectivity index (χ4v) is 10.7. The number of carboxylic acids is 1. The van der Waals surface area contributed by atoms with Crippen LogP contribution < -0.4 is 48.1 Å². The van der Waals surface area contributed by atoms with E-state index in [1.54, 1.807) is 61.9 Å². The average Bonchev–Trinajstić information content (AvgIpc) is 2.57. The summed E-state index contributed by atoms with van der Waals surface area (Å²) in [5, 5.41) is 37.1. The van der Waals surface area contributed by atoms with E-state index in [0.717, 1.165) is 51.4 Å². The highest BCUT2D eigenvalue weighted by molar-refractivity contribution is 5.89. The lowest BCUT2D eigenvalue weighted by Crippen LogP contribution is -2.50. The quantitative estimate of drug-likeness (QED) is 0.0508. The zero-order valence-electron chi connectivity index (χ0n) is 53.9. The maximum atomic E-state index is 13.1. The standard InChI is InChI=1S/C26H46N6O6.C21H38N6O4.C12H21NO5/c1-7-19(15-29-31-24(35)28-14-17-9-11-18(12-10-17)22(33)27-6)30-23(34)21-13-20(37-8-2)16-32(21)25(36)38-26(3,4)5;1-4-16(26-20(29)18-10-17(13-23-18)31-5-2)12-25-27-21(30)24-11-14-6-8-15(9-7-14)19(28)22-3;1-5-17-8-6-9(10(14)15)13(7-8)11(16)18-12(2,3)4/h15,17-21H,7-14,16H2,1-6H3,(H,27,33)(H,30,34)(H2,28,31,35);12,14-18,23H,4-11,13H2,1-3H3,(H,22,28)(H,26,29)(H2,24,27,30);8-9H,5-7H2,1-4H3,(H,14,15)/b29-15+;25-12+;/t17?,18?,19-,20+,21-;14?,15?,16-,17+,18-;8-,9+/m001/s1. The van der Waals surface area contributed by atoms with Gasteiger partial charge in [-0.3, -0.25) is 29.0 Å². The molecule has 10 N–H and O–H groups in total. The third-order valence-electron chi connectivity index (χ3n) is 15.4. The van der Waals surface area contributed by atoms with Crippen LogP contribution in [0.2, 0.25) is 0 Å². The van der Waals surface area contributed by atoms with E-state index >= 15 is 0 Å². The molecule has 0 unspecified atom stereocenters. The molecule has 0 radical (unpaired) electrons. The minimum atomic E-state index is -1.02. The molecule has 87 heavy (non-hydrogen) atoms. The van der Waals surface area contributed by atoms with Gasteiger partial charge in [0.15, 0.2) is 0 Å². The molecule has 5 rings (SSSR count). The van der Waals surface area contributed by atoms with Crippen LogP contribution >= 0.6 is 0 Å². The van der Waals surface area contributed by atoms with Crippen LogP contribution in [0.5, 0.6) is 0 Å². The number of amides is 10. The van der Waals surface area contributed by atoms with E-state index in [2.05, 4.69) is 58.3 Å². The Hall–Kier alpha value is -6.39. The summed E-state index contributed by atoms with van der Waals surface area (Å²) in [4.78, 5) is 112. The minimum absolute atomic E-state index is 0.0568. The number of rotatable bonds is 23. The van der Waals surface area contributed by atoms with Crippen molar-refractivity contribution in [2.75, 3.05) is 66.6 Å². The van der Waals surface area contributed by atoms with Crippen molar-refractivity contribution in [1.29, 1.82) is 0 Å². The second-order valence-electron chi connectivity index (χ2n) is 24.4. The van der Waals surface area contributed by atoms with Crippen LogP contribution in [0.1, 0.15) is 160 Å². The smallest absolute Gasteiger partial charge is 0.411 e. The number of urea groups is 2. The second-order valence-corrected chi connectivity index (χ2v) is 24.4. The van der Waals surface area contributed by atoms with Gasteiger partial charge in [-0.25, -0.2) is 34.8 Å². The monoisotopic (exact) mass is 1240 g/mol. The zero-order valence-corrected chi connectivity index (χ0v) is 53.9. The van der Waals surface area contributed by atoms with Crippen LogP contribution in [0.3, 0.4) is 0 Å². The van der Waals surface area contributed by atoms with Gasteiger partial charge in [-0.1, -0.05) is 13.8 Å². The van der Waals surface area contributed by atoms with E-state index in [4.69, 9.17) is 28.8 Å². The van der Waals surface area contributed by atoms with Gasteiger partial charge in [-0.15, -0.1) is 0 Å². The van der Waals surface area contributed by atoms with Crippen LogP contribution in [-0.4, -0.2) is 208 Å². The SMILES string of the molecule is CCO[C@@H]1C[C@@H](C(=O)N[C@H](/C=N/NC(=O)NCC2CCC(C(=O)NC)CC2)CC)N(C(=O)OC(C)(C)C)C1.CCO[C@@H]1C[C@@H](C(=O)O)N(C(=O)OC(C)(C)C)C1.CCO[C@H]1CN[C@H](C(=O)N[C@H](/C=N/NC(=O)NCC2CCC(C(=O)NC)CC2)CC)C1. The normalized spacial score (nSPS) is 25.3. The first-order chi connectivity index (χ1) is 41.2. The average molecular weight is 1240 g/mol. The van der Waals surface area contributed by atoms with Crippen molar-refractivity contribution in [3.05, 3.63) is 0 Å². The van der Waals surface area contributed by atoms with Gasteiger partial charge in [0, 0.05) is 90.7 Å².